The lowest BCUT2D eigenvalue weighted by Gasteiger charge is -2.22. The van der Waals surface area contributed by atoms with Crippen LogP contribution in [0, 0.1) is 0 Å². The lowest BCUT2D eigenvalue weighted by atomic mass is 10.2. The number of fused-ring (bicyclic) bond motifs is 1. The molecule has 4 rings (SSSR count). The molecule has 0 aliphatic carbocycles. The van der Waals surface area contributed by atoms with Crippen molar-refractivity contribution < 1.29 is 13.2 Å². The maximum absolute atomic E-state index is 12.5. The summed E-state index contributed by atoms with van der Waals surface area (Å²) in [6.45, 7) is 1.51. The molecule has 9 nitrogen and oxygen atoms in total. The van der Waals surface area contributed by atoms with Gasteiger partial charge in [-0.15, -0.1) is 0 Å². The molecule has 1 N–H and O–H groups in total. The molecule has 2 aliphatic rings. The Bertz CT molecular complexity index is 880. The maximum atomic E-state index is 12.5. The van der Waals surface area contributed by atoms with Gasteiger partial charge in [0.2, 0.25) is 10.0 Å². The minimum Gasteiger partial charge on any atom is -0.323 e. The van der Waals surface area contributed by atoms with E-state index >= 15 is 0 Å². The molecule has 0 saturated carbocycles. The van der Waals surface area contributed by atoms with Crippen molar-refractivity contribution in [2.45, 2.75) is 18.9 Å². The van der Waals surface area contributed by atoms with Crippen LogP contribution >= 0.6 is 0 Å². The first-order chi connectivity index (χ1) is 11.5. The van der Waals surface area contributed by atoms with E-state index in [4.69, 9.17) is 0 Å². The third-order valence-electron chi connectivity index (χ3n) is 4.52. The van der Waals surface area contributed by atoms with Crippen LogP contribution in [-0.4, -0.2) is 69.7 Å². The van der Waals surface area contributed by atoms with E-state index in [0.717, 1.165) is 0 Å². The number of carbonyl (C=O) groups is 1. The largest absolute Gasteiger partial charge is 0.323 e. The summed E-state index contributed by atoms with van der Waals surface area (Å²) >= 11 is 0. The summed E-state index contributed by atoms with van der Waals surface area (Å²) in [6, 6.07) is 1.38. The van der Waals surface area contributed by atoms with Crippen LogP contribution in [0.25, 0.3) is 5.65 Å². The number of nitrogens with zero attached hydrogens (tertiary/aromatic N) is 5. The molecule has 1 atom stereocenters. The minimum absolute atomic E-state index is 0.120. The normalized spacial score (nSPS) is 23.8. The predicted molar refractivity (Wildman–Crippen MR) is 87.1 cm³/mol. The quantitative estimate of drug-likeness (QED) is 0.843. The van der Waals surface area contributed by atoms with Crippen molar-refractivity contribution in [1.29, 1.82) is 0 Å². The standard InChI is InChI=1S/C14H18N6O3S/c21-14(17-12-9-16-19-5-1-4-15-13(12)19)18-7-3-11(10-18)20-6-2-8-24(20,22)23/h1,4-5,9,11H,2-3,6-8,10H2,(H,17,21). The van der Waals surface area contributed by atoms with Crippen molar-refractivity contribution in [2.24, 2.45) is 0 Å². The van der Waals surface area contributed by atoms with E-state index in [-0.39, 0.29) is 17.8 Å². The van der Waals surface area contributed by atoms with Crippen molar-refractivity contribution >= 4 is 27.4 Å². The fraction of sp³-hybridized carbons (Fsp3) is 0.500. The number of hydrogen-bond donors (Lipinski definition) is 1. The van der Waals surface area contributed by atoms with Crippen molar-refractivity contribution in [1.82, 2.24) is 23.8 Å². The monoisotopic (exact) mass is 350 g/mol. The number of amides is 2. The van der Waals surface area contributed by atoms with E-state index in [0.29, 0.717) is 43.8 Å². The molecule has 24 heavy (non-hydrogen) atoms. The first kappa shape index (κ1) is 15.3. The van der Waals surface area contributed by atoms with Gasteiger partial charge in [-0.1, -0.05) is 0 Å². The van der Waals surface area contributed by atoms with Gasteiger partial charge in [-0.05, 0) is 18.9 Å². The van der Waals surface area contributed by atoms with Gasteiger partial charge in [0.1, 0.15) is 5.69 Å². The van der Waals surface area contributed by atoms with Gasteiger partial charge < -0.3 is 10.2 Å². The molecule has 2 aromatic rings. The zero-order valence-electron chi connectivity index (χ0n) is 13.0. The Labute approximate surface area is 139 Å². The molecule has 0 aromatic carbocycles. The Morgan fingerprint density at radius 3 is 3.00 bits per heavy atom. The first-order valence-corrected chi connectivity index (χ1v) is 9.49. The van der Waals surface area contributed by atoms with E-state index in [9.17, 15) is 13.2 Å². The van der Waals surface area contributed by atoms with Crippen LogP contribution in [0.15, 0.2) is 24.7 Å². The van der Waals surface area contributed by atoms with Gasteiger partial charge in [-0.3, -0.25) is 0 Å². The third kappa shape index (κ3) is 2.61. The molecular weight excluding hydrogens is 332 g/mol. The Hall–Kier alpha value is -2.20. The molecule has 2 saturated heterocycles. The van der Waals surface area contributed by atoms with E-state index in [1.807, 2.05) is 0 Å². The Balaban J connectivity index is 1.44. The second kappa shape index (κ2) is 5.71. The summed E-state index contributed by atoms with van der Waals surface area (Å²) in [4.78, 5) is 18.3. The highest BCUT2D eigenvalue weighted by molar-refractivity contribution is 7.89. The zero-order chi connectivity index (χ0) is 16.7. The third-order valence-corrected chi connectivity index (χ3v) is 6.52. The topological polar surface area (TPSA) is 99.9 Å². The molecule has 128 valence electrons. The smallest absolute Gasteiger partial charge is 0.322 e. The molecule has 0 radical (unpaired) electrons. The van der Waals surface area contributed by atoms with Crippen molar-refractivity contribution in [2.75, 3.05) is 30.7 Å². The second-order valence-corrected chi connectivity index (χ2v) is 8.09. The molecule has 2 fully saturated rings. The molecule has 1 unspecified atom stereocenters. The Morgan fingerprint density at radius 2 is 2.21 bits per heavy atom. The summed E-state index contributed by atoms with van der Waals surface area (Å²) < 4.78 is 27.2. The fourth-order valence-corrected chi connectivity index (χ4v) is 5.10. The molecule has 2 amide bonds. The van der Waals surface area contributed by atoms with Crippen LogP contribution in [-0.2, 0) is 10.0 Å². The molecule has 4 heterocycles. The van der Waals surface area contributed by atoms with Crippen LogP contribution in [0.1, 0.15) is 12.8 Å². The lowest BCUT2D eigenvalue weighted by molar-refractivity contribution is 0.219. The number of anilines is 1. The molecular formula is C14H18N6O3S. The van der Waals surface area contributed by atoms with Crippen LogP contribution in [0.2, 0.25) is 0 Å². The number of carbonyl (C=O) groups excluding carboxylic acids is 1. The molecule has 10 heteroatoms. The fourth-order valence-electron chi connectivity index (χ4n) is 3.34. The van der Waals surface area contributed by atoms with Crippen molar-refractivity contribution in [3.63, 3.8) is 0 Å². The van der Waals surface area contributed by atoms with Gasteiger partial charge >= 0.3 is 6.03 Å². The molecule has 0 spiro atoms. The van der Waals surface area contributed by atoms with E-state index < -0.39 is 10.0 Å². The number of sulfonamides is 1. The number of nitrogens with one attached hydrogen (secondary N) is 1. The van der Waals surface area contributed by atoms with Crippen LogP contribution < -0.4 is 5.32 Å². The predicted octanol–water partition coefficient (Wildman–Crippen LogP) is 0.371. The summed E-state index contributed by atoms with van der Waals surface area (Å²) in [5.41, 5.74) is 1.11. The summed E-state index contributed by atoms with van der Waals surface area (Å²) in [6.07, 6.45) is 6.27. The highest BCUT2D eigenvalue weighted by Gasteiger charge is 2.39. The van der Waals surface area contributed by atoms with Gasteiger partial charge in [-0.25, -0.2) is 22.7 Å². The van der Waals surface area contributed by atoms with Crippen molar-refractivity contribution in [3.05, 3.63) is 24.7 Å². The molecule has 2 aromatic heterocycles. The second-order valence-electron chi connectivity index (χ2n) is 6.05. The average Bonchev–Trinajstić information content (AvgIpc) is 3.26. The summed E-state index contributed by atoms with van der Waals surface area (Å²) in [5.74, 6) is 0.212. The lowest BCUT2D eigenvalue weighted by Crippen LogP contribution is -2.40. The summed E-state index contributed by atoms with van der Waals surface area (Å²) in [7, 11) is -3.15. The first-order valence-electron chi connectivity index (χ1n) is 7.88. The van der Waals surface area contributed by atoms with E-state index in [2.05, 4.69) is 15.4 Å². The number of rotatable bonds is 2. The van der Waals surface area contributed by atoms with Crippen LogP contribution in [0.3, 0.4) is 0 Å². The van der Waals surface area contributed by atoms with Gasteiger partial charge in [-0.2, -0.15) is 9.40 Å². The van der Waals surface area contributed by atoms with Crippen molar-refractivity contribution in [3.8, 4) is 0 Å². The average molecular weight is 350 g/mol. The maximum Gasteiger partial charge on any atom is 0.322 e. The highest BCUT2D eigenvalue weighted by atomic mass is 32.2. The molecule has 0 bridgehead atoms. The number of aromatic nitrogens is 3. The summed E-state index contributed by atoms with van der Waals surface area (Å²) in [5, 5.41) is 6.94. The zero-order valence-corrected chi connectivity index (χ0v) is 13.8. The van der Waals surface area contributed by atoms with E-state index in [1.165, 1.54) is 0 Å². The number of hydrogen-bond acceptors (Lipinski definition) is 5. The highest BCUT2D eigenvalue weighted by Crippen LogP contribution is 2.24. The number of urea groups is 1. The van der Waals surface area contributed by atoms with Gasteiger partial charge in [0.15, 0.2) is 5.65 Å². The SMILES string of the molecule is O=C(Nc1cnn2cccnc12)N1CCC(N2CCCS2(=O)=O)C1. The van der Waals surface area contributed by atoms with Gasteiger partial charge in [0, 0.05) is 38.1 Å². The van der Waals surface area contributed by atoms with Gasteiger partial charge in [0.05, 0.1) is 11.9 Å². The Morgan fingerprint density at radius 1 is 1.33 bits per heavy atom. The van der Waals surface area contributed by atoms with Gasteiger partial charge in [0.25, 0.3) is 0 Å². The van der Waals surface area contributed by atoms with Crippen LogP contribution in [0.5, 0.6) is 0 Å². The van der Waals surface area contributed by atoms with Crippen LogP contribution in [0.4, 0.5) is 10.5 Å². The minimum atomic E-state index is -3.15. The van der Waals surface area contributed by atoms with E-state index in [1.54, 1.807) is 38.4 Å². The Kier molecular flexibility index (Phi) is 3.65. The molecule has 2 aliphatic heterocycles. The number of likely N-dealkylation sites (tertiary alicyclic amines) is 1.